The van der Waals surface area contributed by atoms with E-state index in [1.54, 1.807) is 4.52 Å². The Morgan fingerprint density at radius 3 is 2.41 bits per heavy atom. The van der Waals surface area contributed by atoms with E-state index < -0.39 is 0 Å². The Bertz CT molecular complexity index is 1060. The lowest BCUT2D eigenvalue weighted by Crippen LogP contribution is -2.28. The van der Waals surface area contributed by atoms with Gasteiger partial charge in [-0.3, -0.25) is 4.79 Å². The molecule has 1 N–H and O–H groups in total. The molecule has 2 aromatic heterocycles. The number of hydrogen-bond acceptors (Lipinski definition) is 4. The minimum absolute atomic E-state index is 0.0582. The fraction of sp³-hybridized carbons (Fsp3) is 0.143. The smallest absolute Gasteiger partial charge is 0.227 e. The molecule has 0 aliphatic rings. The maximum absolute atomic E-state index is 12.5. The first-order chi connectivity index (χ1) is 13.2. The SMILES string of the molecule is CC(C(=O)NCc1nnc2ccc(-c3ccccc3)nn12)c1ccccc1. The van der Waals surface area contributed by atoms with Gasteiger partial charge in [0.1, 0.15) is 0 Å². The van der Waals surface area contributed by atoms with E-state index in [1.807, 2.05) is 79.7 Å². The molecule has 6 heteroatoms. The zero-order valence-corrected chi connectivity index (χ0v) is 14.9. The van der Waals surface area contributed by atoms with Crippen molar-refractivity contribution in [1.82, 2.24) is 25.1 Å². The van der Waals surface area contributed by atoms with Crippen molar-refractivity contribution in [1.29, 1.82) is 0 Å². The number of rotatable bonds is 5. The summed E-state index contributed by atoms with van der Waals surface area (Å²) in [5, 5.41) is 15.9. The highest BCUT2D eigenvalue weighted by Crippen LogP contribution is 2.17. The Morgan fingerprint density at radius 1 is 0.963 bits per heavy atom. The Morgan fingerprint density at radius 2 is 1.67 bits per heavy atom. The molecule has 0 aliphatic carbocycles. The van der Waals surface area contributed by atoms with Gasteiger partial charge in [0, 0.05) is 5.56 Å². The molecule has 134 valence electrons. The van der Waals surface area contributed by atoms with Crippen LogP contribution in [-0.4, -0.2) is 25.7 Å². The Hall–Kier alpha value is -3.54. The van der Waals surface area contributed by atoms with Gasteiger partial charge in [-0.25, -0.2) is 0 Å². The van der Waals surface area contributed by atoms with E-state index in [9.17, 15) is 4.79 Å². The van der Waals surface area contributed by atoms with Crippen molar-refractivity contribution in [3.63, 3.8) is 0 Å². The summed E-state index contributed by atoms with van der Waals surface area (Å²) in [5.41, 5.74) is 3.47. The Kier molecular flexibility index (Phi) is 4.61. The number of carbonyl (C=O) groups excluding carboxylic acids is 1. The predicted molar refractivity (Wildman–Crippen MR) is 103 cm³/mol. The van der Waals surface area contributed by atoms with Gasteiger partial charge in [0.05, 0.1) is 18.2 Å². The van der Waals surface area contributed by atoms with Gasteiger partial charge in [0.25, 0.3) is 0 Å². The second-order valence-corrected chi connectivity index (χ2v) is 6.32. The monoisotopic (exact) mass is 357 g/mol. The predicted octanol–water partition coefficient (Wildman–Crippen LogP) is 3.21. The van der Waals surface area contributed by atoms with Crippen molar-refractivity contribution in [2.45, 2.75) is 19.4 Å². The van der Waals surface area contributed by atoms with Gasteiger partial charge in [-0.1, -0.05) is 60.7 Å². The molecule has 0 aliphatic heterocycles. The van der Waals surface area contributed by atoms with Crippen molar-refractivity contribution >= 4 is 11.6 Å². The first-order valence-corrected chi connectivity index (χ1v) is 8.82. The van der Waals surface area contributed by atoms with E-state index in [0.29, 0.717) is 11.5 Å². The summed E-state index contributed by atoms with van der Waals surface area (Å²) in [7, 11) is 0. The molecule has 1 unspecified atom stereocenters. The van der Waals surface area contributed by atoms with Gasteiger partial charge in [0.15, 0.2) is 11.5 Å². The molecule has 27 heavy (non-hydrogen) atoms. The molecule has 0 radical (unpaired) electrons. The van der Waals surface area contributed by atoms with Crippen LogP contribution < -0.4 is 5.32 Å². The number of nitrogens with zero attached hydrogens (tertiary/aromatic N) is 4. The van der Waals surface area contributed by atoms with Gasteiger partial charge in [0.2, 0.25) is 5.91 Å². The fourth-order valence-corrected chi connectivity index (χ4v) is 2.92. The van der Waals surface area contributed by atoms with Crippen LogP contribution in [0.25, 0.3) is 16.9 Å². The third-order valence-corrected chi connectivity index (χ3v) is 4.51. The average Bonchev–Trinajstić information content (AvgIpc) is 3.15. The van der Waals surface area contributed by atoms with Crippen molar-refractivity contribution in [2.75, 3.05) is 0 Å². The number of benzene rings is 2. The second kappa shape index (κ2) is 7.37. The van der Waals surface area contributed by atoms with E-state index >= 15 is 0 Å². The van der Waals surface area contributed by atoms with Crippen LogP contribution in [0.3, 0.4) is 0 Å². The lowest BCUT2D eigenvalue weighted by molar-refractivity contribution is -0.122. The number of fused-ring (bicyclic) bond motifs is 1. The summed E-state index contributed by atoms with van der Waals surface area (Å²) in [6, 6.07) is 23.4. The highest BCUT2D eigenvalue weighted by Gasteiger charge is 2.16. The van der Waals surface area contributed by atoms with Crippen LogP contribution in [0.2, 0.25) is 0 Å². The molecule has 0 fully saturated rings. The number of aromatic nitrogens is 4. The highest BCUT2D eigenvalue weighted by atomic mass is 16.1. The van der Waals surface area contributed by atoms with E-state index in [0.717, 1.165) is 16.8 Å². The van der Waals surface area contributed by atoms with Crippen LogP contribution in [0.15, 0.2) is 72.8 Å². The summed E-state index contributed by atoms with van der Waals surface area (Å²) < 4.78 is 1.68. The number of carbonyl (C=O) groups is 1. The quantitative estimate of drug-likeness (QED) is 0.595. The van der Waals surface area contributed by atoms with Crippen LogP contribution in [-0.2, 0) is 11.3 Å². The van der Waals surface area contributed by atoms with E-state index in [-0.39, 0.29) is 18.4 Å². The lowest BCUT2D eigenvalue weighted by Gasteiger charge is -2.11. The van der Waals surface area contributed by atoms with Gasteiger partial charge in [-0.05, 0) is 24.6 Å². The molecule has 0 saturated carbocycles. The summed E-state index contributed by atoms with van der Waals surface area (Å²) in [6.07, 6.45) is 0. The first kappa shape index (κ1) is 16.9. The average molecular weight is 357 g/mol. The highest BCUT2D eigenvalue weighted by molar-refractivity contribution is 5.83. The van der Waals surface area contributed by atoms with Crippen LogP contribution in [0.4, 0.5) is 0 Å². The van der Waals surface area contributed by atoms with E-state index in [1.165, 1.54) is 0 Å². The number of nitrogens with one attached hydrogen (secondary N) is 1. The molecule has 1 atom stereocenters. The number of hydrogen-bond donors (Lipinski definition) is 1. The van der Waals surface area contributed by atoms with Crippen molar-refractivity contribution in [2.24, 2.45) is 0 Å². The molecule has 0 saturated heterocycles. The van der Waals surface area contributed by atoms with Gasteiger partial charge < -0.3 is 5.32 Å². The molecule has 0 spiro atoms. The van der Waals surface area contributed by atoms with Crippen LogP contribution >= 0.6 is 0 Å². The largest absolute Gasteiger partial charge is 0.348 e. The molecule has 6 nitrogen and oxygen atoms in total. The maximum Gasteiger partial charge on any atom is 0.227 e. The third-order valence-electron chi connectivity index (χ3n) is 4.51. The zero-order valence-electron chi connectivity index (χ0n) is 14.9. The Labute approximate surface area is 156 Å². The molecule has 4 rings (SSSR count). The summed E-state index contributed by atoms with van der Waals surface area (Å²) in [5.74, 6) is 0.298. The zero-order chi connectivity index (χ0) is 18.6. The third kappa shape index (κ3) is 3.55. The fourth-order valence-electron chi connectivity index (χ4n) is 2.92. The minimum atomic E-state index is -0.238. The van der Waals surface area contributed by atoms with E-state index in [2.05, 4.69) is 20.6 Å². The van der Waals surface area contributed by atoms with Crippen LogP contribution in [0.5, 0.6) is 0 Å². The molecule has 4 aromatic rings. The molecule has 0 bridgehead atoms. The molecule has 2 heterocycles. The topological polar surface area (TPSA) is 72.2 Å². The minimum Gasteiger partial charge on any atom is -0.348 e. The number of amides is 1. The molecule has 2 aromatic carbocycles. The maximum atomic E-state index is 12.5. The van der Waals surface area contributed by atoms with Gasteiger partial charge in [-0.2, -0.15) is 9.61 Å². The molecular formula is C21H19N5O. The Balaban J connectivity index is 1.53. The van der Waals surface area contributed by atoms with Crippen LogP contribution in [0, 0.1) is 0 Å². The summed E-state index contributed by atoms with van der Waals surface area (Å²) >= 11 is 0. The molecule has 1 amide bonds. The standard InChI is InChI=1S/C21H19N5O/c1-15(16-8-4-2-5-9-16)21(27)22-14-20-24-23-19-13-12-18(25-26(19)20)17-10-6-3-7-11-17/h2-13,15H,14H2,1H3,(H,22,27). The lowest BCUT2D eigenvalue weighted by atomic mass is 10.0. The van der Waals surface area contributed by atoms with Gasteiger partial charge in [-0.15, -0.1) is 10.2 Å². The summed E-state index contributed by atoms with van der Waals surface area (Å²) in [6.45, 7) is 2.15. The van der Waals surface area contributed by atoms with Crippen LogP contribution in [0.1, 0.15) is 24.2 Å². The summed E-state index contributed by atoms with van der Waals surface area (Å²) in [4.78, 5) is 12.5. The normalized spacial score (nSPS) is 12.0. The van der Waals surface area contributed by atoms with E-state index in [4.69, 9.17) is 0 Å². The van der Waals surface area contributed by atoms with Crippen molar-refractivity contribution < 1.29 is 4.79 Å². The van der Waals surface area contributed by atoms with Crippen molar-refractivity contribution in [3.8, 4) is 11.3 Å². The second-order valence-electron chi connectivity index (χ2n) is 6.32. The first-order valence-electron chi connectivity index (χ1n) is 8.82. The molecular weight excluding hydrogens is 338 g/mol. The van der Waals surface area contributed by atoms with Crippen molar-refractivity contribution in [3.05, 3.63) is 84.2 Å². The van der Waals surface area contributed by atoms with Gasteiger partial charge >= 0.3 is 0 Å².